The maximum absolute atomic E-state index is 13.2. The number of fused-ring (bicyclic) bond motifs is 1. The number of benzene rings is 1. The Morgan fingerprint density at radius 3 is 2.61 bits per heavy atom. The van der Waals surface area contributed by atoms with Gasteiger partial charge in [0.15, 0.2) is 0 Å². The Kier molecular flexibility index (Phi) is 4.73. The van der Waals surface area contributed by atoms with Crippen molar-refractivity contribution in [1.29, 1.82) is 0 Å². The molecule has 0 saturated heterocycles. The van der Waals surface area contributed by atoms with E-state index in [1.807, 2.05) is 0 Å². The van der Waals surface area contributed by atoms with Crippen LogP contribution in [0.5, 0.6) is 0 Å². The van der Waals surface area contributed by atoms with E-state index in [9.17, 15) is 23.1 Å². The predicted octanol–water partition coefficient (Wildman–Crippen LogP) is 3.68. The van der Waals surface area contributed by atoms with Crippen molar-refractivity contribution in [2.75, 3.05) is 0 Å². The first-order valence-corrected chi connectivity index (χ1v) is 9.77. The number of alkyl halides is 2. The molecule has 1 aromatic carbocycles. The number of aliphatic hydroxyl groups is 1. The number of aromatic nitrogens is 3. The number of amides is 1. The van der Waals surface area contributed by atoms with Crippen molar-refractivity contribution in [3.05, 3.63) is 65.1 Å². The minimum Gasteiger partial charge on any atom is -0.415 e. The van der Waals surface area contributed by atoms with E-state index in [-0.39, 0.29) is 17.7 Å². The summed E-state index contributed by atoms with van der Waals surface area (Å²) in [6.07, 6.45) is -1.17. The third-order valence-electron chi connectivity index (χ3n) is 5.66. The minimum absolute atomic E-state index is 0.0985. The van der Waals surface area contributed by atoms with Gasteiger partial charge in [-0.25, -0.2) is 4.39 Å². The molecule has 1 aliphatic heterocycles. The second kappa shape index (κ2) is 7.45. The zero-order chi connectivity index (χ0) is 21.7. The fourth-order valence-electron chi connectivity index (χ4n) is 3.99. The molecule has 2 aromatic heterocycles. The molecule has 0 unspecified atom stereocenters. The fourth-order valence-corrected chi connectivity index (χ4v) is 3.99. The lowest BCUT2D eigenvalue weighted by molar-refractivity contribution is 0.0276. The van der Waals surface area contributed by atoms with Crippen molar-refractivity contribution in [2.24, 2.45) is 5.92 Å². The number of aliphatic hydroxyl groups excluding tert-OH is 1. The van der Waals surface area contributed by atoms with Gasteiger partial charge in [0.1, 0.15) is 11.9 Å². The van der Waals surface area contributed by atoms with Crippen LogP contribution in [0, 0.1) is 11.7 Å². The molecule has 160 valence electrons. The molecule has 10 heteroatoms. The molecule has 0 spiro atoms. The molecule has 0 bridgehead atoms. The number of carbonyl (C=O) groups excluding carboxylic acids is 1. The van der Waals surface area contributed by atoms with Gasteiger partial charge in [-0.3, -0.25) is 9.78 Å². The highest BCUT2D eigenvalue weighted by Crippen LogP contribution is 2.43. The first kappa shape index (κ1) is 19.7. The highest BCUT2D eigenvalue weighted by atomic mass is 19.3. The van der Waals surface area contributed by atoms with Gasteiger partial charge in [0, 0.05) is 17.7 Å². The number of pyridine rings is 1. The third kappa shape index (κ3) is 3.56. The summed E-state index contributed by atoms with van der Waals surface area (Å²) >= 11 is 0. The largest absolute Gasteiger partial charge is 0.415 e. The van der Waals surface area contributed by atoms with Crippen LogP contribution in [-0.2, 0) is 6.54 Å². The second-order valence-corrected chi connectivity index (χ2v) is 7.73. The zero-order valence-electron chi connectivity index (χ0n) is 16.1. The number of carbonyl (C=O) groups is 1. The molecule has 1 N–H and O–H groups in total. The van der Waals surface area contributed by atoms with Crippen LogP contribution >= 0.6 is 0 Å². The first-order valence-electron chi connectivity index (χ1n) is 9.77. The summed E-state index contributed by atoms with van der Waals surface area (Å²) in [6.45, 7) is 0.292. The molecule has 2 aliphatic rings. The predicted molar refractivity (Wildman–Crippen MR) is 100 cm³/mol. The van der Waals surface area contributed by atoms with E-state index < -0.39 is 30.3 Å². The number of hydrogen-bond donors (Lipinski definition) is 1. The molecule has 3 aromatic rings. The zero-order valence-corrected chi connectivity index (χ0v) is 16.1. The molecule has 7 nitrogen and oxygen atoms in total. The molecule has 1 aliphatic carbocycles. The Morgan fingerprint density at radius 1 is 1.16 bits per heavy atom. The van der Waals surface area contributed by atoms with E-state index in [1.165, 1.54) is 18.2 Å². The lowest BCUT2D eigenvalue weighted by atomic mass is 10.0. The molecular formula is C21H17F3N4O3. The number of hydrogen-bond acceptors (Lipinski definition) is 6. The van der Waals surface area contributed by atoms with Crippen molar-refractivity contribution < 1.29 is 27.5 Å². The highest BCUT2D eigenvalue weighted by Gasteiger charge is 2.45. The van der Waals surface area contributed by atoms with Gasteiger partial charge in [0.2, 0.25) is 5.89 Å². The van der Waals surface area contributed by atoms with E-state index in [0.29, 0.717) is 23.4 Å². The molecule has 2 atom stereocenters. The van der Waals surface area contributed by atoms with Crippen molar-refractivity contribution >= 4 is 5.91 Å². The van der Waals surface area contributed by atoms with Crippen LogP contribution in [-0.4, -0.2) is 37.1 Å². The lowest BCUT2D eigenvalue weighted by Gasteiger charge is -2.31. The summed E-state index contributed by atoms with van der Waals surface area (Å²) in [5, 5.41) is 17.9. The maximum atomic E-state index is 13.2. The first-order chi connectivity index (χ1) is 14.9. The van der Waals surface area contributed by atoms with E-state index in [0.717, 1.165) is 24.6 Å². The van der Waals surface area contributed by atoms with Crippen LogP contribution in [0.4, 0.5) is 13.2 Å². The summed E-state index contributed by atoms with van der Waals surface area (Å²) in [4.78, 5) is 18.8. The van der Waals surface area contributed by atoms with Crippen LogP contribution in [0.25, 0.3) is 11.5 Å². The van der Waals surface area contributed by atoms with Crippen LogP contribution in [0.1, 0.15) is 52.9 Å². The highest BCUT2D eigenvalue weighted by molar-refractivity contribution is 5.99. The lowest BCUT2D eigenvalue weighted by Crippen LogP contribution is -2.41. The number of rotatable bonds is 6. The average molecular weight is 430 g/mol. The van der Waals surface area contributed by atoms with Crippen molar-refractivity contribution in [1.82, 2.24) is 20.1 Å². The maximum Gasteiger partial charge on any atom is 0.314 e. The SMILES string of the molecule is O=C1c2cc(-c3nnc(C(F)F)o3)ccc2CN1[C@H](C1CC1)[C@@H](O)c1ccc(F)cn1. The van der Waals surface area contributed by atoms with E-state index >= 15 is 0 Å². The Hall–Kier alpha value is -3.27. The Morgan fingerprint density at radius 2 is 1.97 bits per heavy atom. The molecule has 3 heterocycles. The van der Waals surface area contributed by atoms with Gasteiger partial charge >= 0.3 is 6.43 Å². The van der Waals surface area contributed by atoms with Gasteiger partial charge in [-0.05, 0) is 48.6 Å². The Balaban J connectivity index is 1.43. The average Bonchev–Trinajstić information content (AvgIpc) is 3.36. The van der Waals surface area contributed by atoms with Crippen molar-refractivity contribution in [3.8, 4) is 11.5 Å². The monoisotopic (exact) mass is 430 g/mol. The summed E-state index contributed by atoms with van der Waals surface area (Å²) in [7, 11) is 0. The quantitative estimate of drug-likeness (QED) is 0.642. The molecule has 1 saturated carbocycles. The van der Waals surface area contributed by atoms with Crippen LogP contribution in [0.15, 0.2) is 40.9 Å². The van der Waals surface area contributed by atoms with E-state index in [2.05, 4.69) is 15.2 Å². The van der Waals surface area contributed by atoms with Crippen molar-refractivity contribution in [2.45, 2.75) is 38.0 Å². The van der Waals surface area contributed by atoms with Gasteiger partial charge < -0.3 is 14.4 Å². The van der Waals surface area contributed by atoms with Gasteiger partial charge in [-0.2, -0.15) is 8.78 Å². The van der Waals surface area contributed by atoms with Crippen LogP contribution in [0.3, 0.4) is 0 Å². The minimum atomic E-state index is -2.88. The molecule has 1 fully saturated rings. The number of halogens is 3. The summed E-state index contributed by atoms with van der Waals surface area (Å²) < 4.78 is 43.7. The Labute approximate surface area is 174 Å². The molecular weight excluding hydrogens is 413 g/mol. The van der Waals surface area contributed by atoms with Crippen LogP contribution in [0.2, 0.25) is 0 Å². The van der Waals surface area contributed by atoms with E-state index in [1.54, 1.807) is 17.0 Å². The molecule has 0 radical (unpaired) electrons. The summed E-state index contributed by atoms with van der Waals surface area (Å²) in [5.41, 5.74) is 1.79. The summed E-state index contributed by atoms with van der Waals surface area (Å²) in [6, 6.07) is 7.00. The third-order valence-corrected chi connectivity index (χ3v) is 5.66. The van der Waals surface area contributed by atoms with Crippen molar-refractivity contribution in [3.63, 3.8) is 0 Å². The topological polar surface area (TPSA) is 92.4 Å². The number of nitrogens with zero attached hydrogens (tertiary/aromatic N) is 4. The molecule has 31 heavy (non-hydrogen) atoms. The summed E-state index contributed by atoms with van der Waals surface area (Å²) in [5.74, 6) is -1.56. The van der Waals surface area contributed by atoms with Gasteiger partial charge in [0.05, 0.1) is 17.9 Å². The van der Waals surface area contributed by atoms with Gasteiger partial charge in [-0.15, -0.1) is 10.2 Å². The second-order valence-electron chi connectivity index (χ2n) is 7.73. The van der Waals surface area contributed by atoms with Gasteiger partial charge in [0.25, 0.3) is 11.8 Å². The standard InChI is InChI=1S/C21H17F3N4O3/c22-13-5-6-15(25-8-13)17(29)16(10-1-2-10)28-9-12-4-3-11(7-14(12)21(28)30)19-26-27-20(31-19)18(23)24/h3-8,10,16-18,29H,1-2,9H2/t16-,17+/m1/s1. The molecule has 1 amide bonds. The molecule has 5 rings (SSSR count). The normalized spacial score (nSPS) is 17.8. The Bertz CT molecular complexity index is 1130. The fraction of sp³-hybridized carbons (Fsp3) is 0.333. The van der Waals surface area contributed by atoms with Gasteiger partial charge in [-0.1, -0.05) is 6.07 Å². The smallest absolute Gasteiger partial charge is 0.314 e. The van der Waals surface area contributed by atoms with E-state index in [4.69, 9.17) is 4.42 Å². The van der Waals surface area contributed by atoms with Crippen LogP contribution < -0.4 is 0 Å².